The summed E-state index contributed by atoms with van der Waals surface area (Å²) in [6, 6.07) is 42.2. The standard InChI is InChI=1S/C67H50N4O4/c1-35-8-14-39(15-9-35)57-46-24-26-48(68-46)58(40-16-10-36(2)11-17-40)50-28-30-52(70-50)60(53-31-29-51(71-53)59(49-27-25-47(57)69-49)41-18-12-37(3)13-19-41)42-22-20-38(21-23-42)45-34-56(74)65-61-43-6-4-5-7-44(43)62(66(65)67(45)75)64-55(73)33-32-54(72)63(61)64/h4-19,24-34,38,42,61-62,68,71H,20-23H2,1-3H3/t38?,42?,61-,62+/m1/s1. The summed E-state index contributed by atoms with van der Waals surface area (Å²) in [7, 11) is 0. The number of carbonyl (C=O) groups is 4. The molecule has 7 aromatic rings. The lowest BCUT2D eigenvalue weighted by Gasteiger charge is -2.45. The summed E-state index contributed by atoms with van der Waals surface area (Å²) in [5.74, 6) is -2.57. The fourth-order valence-electron chi connectivity index (χ4n) is 13.1. The van der Waals surface area contributed by atoms with Gasteiger partial charge in [-0.2, -0.15) is 0 Å². The molecule has 2 N–H and O–H groups in total. The first-order chi connectivity index (χ1) is 36.6. The summed E-state index contributed by atoms with van der Waals surface area (Å²) >= 11 is 0. The molecule has 8 heteroatoms. The Morgan fingerprint density at radius 3 is 1.27 bits per heavy atom. The van der Waals surface area contributed by atoms with Gasteiger partial charge in [-0.3, -0.25) is 19.2 Å². The fraction of sp³-hybridized carbons (Fsp3) is 0.164. The number of fused-ring (bicyclic) bond motifs is 8. The highest BCUT2D eigenvalue weighted by molar-refractivity contribution is 6.31. The molecule has 0 spiro atoms. The molecule has 8 aliphatic rings. The van der Waals surface area contributed by atoms with Crippen LogP contribution in [0.2, 0.25) is 0 Å². The number of allylic oxidation sites excluding steroid dienone is 8. The zero-order valence-electron chi connectivity index (χ0n) is 41.8. The van der Waals surface area contributed by atoms with E-state index in [0.717, 1.165) is 108 Å². The molecule has 4 aromatic carbocycles. The van der Waals surface area contributed by atoms with Crippen molar-refractivity contribution in [3.8, 4) is 33.4 Å². The first kappa shape index (κ1) is 44.8. The summed E-state index contributed by atoms with van der Waals surface area (Å²) in [6.07, 6.45) is 15.6. The number of carbonyl (C=O) groups excluding carboxylic acids is 4. The van der Waals surface area contributed by atoms with Crippen LogP contribution in [-0.4, -0.2) is 43.1 Å². The smallest absolute Gasteiger partial charge is 0.186 e. The van der Waals surface area contributed by atoms with E-state index in [9.17, 15) is 14.4 Å². The maximum absolute atomic E-state index is 15.1. The van der Waals surface area contributed by atoms with Gasteiger partial charge >= 0.3 is 0 Å². The molecule has 1 fully saturated rings. The van der Waals surface area contributed by atoms with Crippen LogP contribution in [0.1, 0.15) is 99.6 Å². The number of aromatic nitrogens is 4. The highest BCUT2D eigenvalue weighted by Gasteiger charge is 2.53. The molecule has 8 nitrogen and oxygen atoms in total. The lowest BCUT2D eigenvalue weighted by atomic mass is 9.55. The third kappa shape index (κ3) is 7.10. The topological polar surface area (TPSA) is 126 Å². The molecule has 1 saturated carbocycles. The third-order valence-corrected chi connectivity index (χ3v) is 16.7. The quantitative estimate of drug-likeness (QED) is 0.165. The highest BCUT2D eigenvalue weighted by atomic mass is 16.1. The monoisotopic (exact) mass is 974 g/mol. The first-order valence-electron chi connectivity index (χ1n) is 26.1. The summed E-state index contributed by atoms with van der Waals surface area (Å²) in [5.41, 5.74) is 21.6. The molecule has 0 radical (unpaired) electrons. The van der Waals surface area contributed by atoms with Gasteiger partial charge in [0.2, 0.25) is 0 Å². The van der Waals surface area contributed by atoms with Crippen molar-refractivity contribution in [2.75, 3.05) is 0 Å². The molecular formula is C67H50N4O4. The van der Waals surface area contributed by atoms with Crippen LogP contribution in [0.4, 0.5) is 0 Å². The maximum atomic E-state index is 15.1. The van der Waals surface area contributed by atoms with Crippen LogP contribution in [0, 0.1) is 26.7 Å². The Morgan fingerprint density at radius 1 is 0.400 bits per heavy atom. The van der Waals surface area contributed by atoms with Crippen molar-refractivity contribution in [3.05, 3.63) is 224 Å². The number of nitrogens with zero attached hydrogens (tertiary/aromatic N) is 2. The van der Waals surface area contributed by atoms with Gasteiger partial charge < -0.3 is 9.97 Å². The molecule has 10 bridgehead atoms. The lowest BCUT2D eigenvalue weighted by molar-refractivity contribution is -0.118. The van der Waals surface area contributed by atoms with E-state index in [1.807, 2.05) is 24.3 Å². The Kier molecular flexibility index (Phi) is 10.2. The van der Waals surface area contributed by atoms with Crippen LogP contribution in [0.5, 0.6) is 0 Å². The normalized spacial score (nSPS) is 20.4. The maximum Gasteiger partial charge on any atom is 0.186 e. The average Bonchev–Trinajstić information content (AvgIpc) is 4.30. The first-order valence-corrected chi connectivity index (χ1v) is 26.1. The number of aryl methyl sites for hydroxylation is 3. The number of nitrogens with one attached hydrogen (secondary N) is 2. The summed E-state index contributed by atoms with van der Waals surface area (Å²) < 4.78 is 0. The Balaban J connectivity index is 0.912. The molecule has 75 heavy (non-hydrogen) atoms. The minimum atomic E-state index is -0.757. The molecule has 0 amide bonds. The second-order valence-corrected chi connectivity index (χ2v) is 21.2. The molecule has 6 aliphatic carbocycles. The molecule has 3 aromatic heterocycles. The number of Topliss-reactive ketones (excluding diaryl/α,β-unsaturated/α-hetero) is 1. The van der Waals surface area contributed by atoms with Crippen molar-refractivity contribution in [2.45, 2.75) is 64.2 Å². The molecule has 15 rings (SSSR count). The SMILES string of the molecule is Cc1ccc(-c2c3nc(c(-c4ccc(C)cc4)c4ccc([nH]4)c(C4CCC(C5=CC(=O)C6=C(C5=O)[C@@H]5C7=C(C(=O)C=CC7=O)[C@H]6c6ccccc65)CC4)c4nc(c(-c5ccc(C)cc5)c5ccc2[nH]5)C=C4)C=C3)cc1. The van der Waals surface area contributed by atoms with E-state index in [0.29, 0.717) is 40.7 Å². The van der Waals surface area contributed by atoms with Crippen LogP contribution in [0.25, 0.3) is 79.8 Å². The van der Waals surface area contributed by atoms with Gasteiger partial charge in [-0.15, -0.1) is 0 Å². The Morgan fingerprint density at radius 2 is 0.787 bits per heavy atom. The van der Waals surface area contributed by atoms with Crippen LogP contribution >= 0.6 is 0 Å². The molecular weight excluding hydrogens is 925 g/mol. The second-order valence-electron chi connectivity index (χ2n) is 21.2. The van der Waals surface area contributed by atoms with Crippen molar-refractivity contribution < 1.29 is 19.2 Å². The van der Waals surface area contributed by atoms with Crippen LogP contribution in [0.3, 0.4) is 0 Å². The average molecular weight is 975 g/mol. The molecule has 5 heterocycles. The van der Waals surface area contributed by atoms with Gasteiger partial charge in [-0.25, -0.2) is 9.97 Å². The zero-order valence-corrected chi connectivity index (χ0v) is 41.8. The van der Waals surface area contributed by atoms with Gasteiger partial charge in [0, 0.05) is 84.0 Å². The van der Waals surface area contributed by atoms with E-state index in [-0.39, 0.29) is 35.0 Å². The number of rotatable bonds is 5. The fourth-order valence-corrected chi connectivity index (χ4v) is 13.1. The summed E-state index contributed by atoms with van der Waals surface area (Å²) in [5, 5.41) is 0. The highest BCUT2D eigenvalue weighted by Crippen LogP contribution is 2.59. The van der Waals surface area contributed by atoms with Crippen molar-refractivity contribution in [3.63, 3.8) is 0 Å². The van der Waals surface area contributed by atoms with Crippen LogP contribution < -0.4 is 0 Å². The van der Waals surface area contributed by atoms with Crippen molar-refractivity contribution in [1.82, 2.24) is 19.9 Å². The minimum Gasteiger partial charge on any atom is -0.355 e. The van der Waals surface area contributed by atoms with Crippen molar-refractivity contribution in [2.24, 2.45) is 5.92 Å². The van der Waals surface area contributed by atoms with Gasteiger partial charge in [-0.1, -0.05) is 114 Å². The van der Waals surface area contributed by atoms with E-state index in [4.69, 9.17) is 9.97 Å². The largest absolute Gasteiger partial charge is 0.355 e. The van der Waals surface area contributed by atoms with E-state index in [1.54, 1.807) is 6.08 Å². The lowest BCUT2D eigenvalue weighted by Crippen LogP contribution is -2.41. The molecule has 2 aliphatic heterocycles. The number of ketones is 4. The Hall–Kier alpha value is -8.88. The molecule has 362 valence electrons. The number of aromatic amines is 2. The minimum absolute atomic E-state index is 0.0557. The second kappa shape index (κ2) is 17.1. The van der Waals surface area contributed by atoms with Gasteiger partial charge in [0.15, 0.2) is 23.1 Å². The van der Waals surface area contributed by atoms with Crippen molar-refractivity contribution >= 4 is 69.5 Å². The number of benzene rings is 4. The zero-order chi connectivity index (χ0) is 50.8. The third-order valence-electron chi connectivity index (χ3n) is 16.7. The van der Waals surface area contributed by atoms with E-state index in [1.165, 1.54) is 28.8 Å². The Bertz CT molecular complexity index is 4060. The number of hydrogen-bond acceptors (Lipinski definition) is 6. The summed E-state index contributed by atoms with van der Waals surface area (Å²) in [6.45, 7) is 6.31. The predicted molar refractivity (Wildman–Crippen MR) is 297 cm³/mol. The van der Waals surface area contributed by atoms with Gasteiger partial charge in [0.25, 0.3) is 0 Å². The number of hydrogen-bond donors (Lipinski definition) is 2. The Labute approximate surface area is 433 Å². The number of H-pyrrole nitrogens is 2. The van der Waals surface area contributed by atoms with Crippen LogP contribution in [-0.2, 0) is 19.2 Å². The van der Waals surface area contributed by atoms with Gasteiger partial charge in [0.1, 0.15) is 0 Å². The predicted octanol–water partition coefficient (Wildman–Crippen LogP) is 14.1. The molecule has 0 saturated heterocycles. The molecule has 0 unspecified atom stereocenters. The van der Waals surface area contributed by atoms with E-state index in [2.05, 4.69) is 152 Å². The van der Waals surface area contributed by atoms with Crippen molar-refractivity contribution in [1.29, 1.82) is 0 Å². The summed E-state index contributed by atoms with van der Waals surface area (Å²) in [4.78, 5) is 75.6. The van der Waals surface area contributed by atoms with Crippen LogP contribution in [0.15, 0.2) is 167 Å². The van der Waals surface area contributed by atoms with E-state index < -0.39 is 11.8 Å². The molecule has 2 atom stereocenters. The van der Waals surface area contributed by atoms with Gasteiger partial charge in [0.05, 0.1) is 22.8 Å². The van der Waals surface area contributed by atoms with E-state index >= 15 is 4.79 Å². The van der Waals surface area contributed by atoms with Gasteiger partial charge in [-0.05, 0) is 153 Å².